The monoisotopic (exact) mass is 1070 g/mol. The van der Waals surface area contributed by atoms with Crippen molar-refractivity contribution >= 4 is 164 Å². The average molecular weight is 1080 g/mol. The Morgan fingerprint density at radius 2 is 0.833 bits per heavy atom. The lowest BCUT2D eigenvalue weighted by atomic mass is 10.2. The van der Waals surface area contributed by atoms with E-state index in [4.69, 9.17) is 0 Å². The second-order valence-electron chi connectivity index (χ2n) is 12.0. The summed E-state index contributed by atoms with van der Waals surface area (Å²) in [6.07, 6.45) is -1.05. The van der Waals surface area contributed by atoms with Gasteiger partial charge in [0.2, 0.25) is 0 Å². The number of halogens is 8. The summed E-state index contributed by atoms with van der Waals surface area (Å²) in [6, 6.07) is 21.0. The van der Waals surface area contributed by atoms with Gasteiger partial charge >= 0.3 is 0 Å². The molecule has 0 bridgehead atoms. The predicted octanol–water partition coefficient (Wildman–Crippen LogP) is 10.4. The van der Waals surface area contributed by atoms with Crippen LogP contribution in [-0.2, 0) is 13.1 Å². The van der Waals surface area contributed by atoms with E-state index in [-0.39, 0.29) is 24.8 Å². The third-order valence-electron chi connectivity index (χ3n) is 8.86. The summed E-state index contributed by atoms with van der Waals surface area (Å²) in [4.78, 5) is 4.67. The van der Waals surface area contributed by atoms with Crippen LogP contribution >= 0.6 is 120 Å². The van der Waals surface area contributed by atoms with Crippen LogP contribution in [0.2, 0.25) is 0 Å². The molecule has 6 nitrogen and oxygen atoms in total. The lowest BCUT2D eigenvalue weighted by Gasteiger charge is -2.36. The number of hydrogen-bond acceptors (Lipinski definition) is 4. The van der Waals surface area contributed by atoms with Gasteiger partial charge in [0.05, 0.1) is 36.3 Å². The summed E-state index contributed by atoms with van der Waals surface area (Å²) < 4.78 is 10.5. The fourth-order valence-corrected chi connectivity index (χ4v) is 10.5. The van der Waals surface area contributed by atoms with Gasteiger partial charge in [0, 0.05) is 98.7 Å². The highest BCUT2D eigenvalue weighted by molar-refractivity contribution is 9.11. The number of hydrogen-bond donors (Lipinski definition) is 2. The summed E-state index contributed by atoms with van der Waals surface area (Å²) in [5.74, 6) is 0. The van der Waals surface area contributed by atoms with Crippen molar-refractivity contribution in [3.05, 3.63) is 87.5 Å². The van der Waals surface area contributed by atoms with Crippen LogP contribution in [-0.4, -0.2) is 80.6 Å². The fourth-order valence-electron chi connectivity index (χ4n) is 6.92. The van der Waals surface area contributed by atoms with Crippen molar-refractivity contribution in [3.63, 3.8) is 0 Å². The number of β-amino-alcohol motifs (C(OH)–C–C–N with tert-alkyl or cyclic N) is 2. The molecule has 2 atom stereocenters. The van der Waals surface area contributed by atoms with Crippen molar-refractivity contribution in [2.75, 3.05) is 39.3 Å². The van der Waals surface area contributed by atoms with Crippen LogP contribution in [0, 0.1) is 0 Å². The lowest BCUT2D eigenvalue weighted by molar-refractivity contribution is 0.0415. The largest absolute Gasteiger partial charge is 0.390 e. The van der Waals surface area contributed by atoms with Crippen LogP contribution in [0.1, 0.15) is 0 Å². The molecule has 256 valence electrons. The maximum absolute atomic E-state index is 11.3. The fraction of sp³-hybridized carbons (Fsp3) is 0.294. The summed E-state index contributed by atoms with van der Waals surface area (Å²) in [6.45, 7) is 5.61. The molecule has 1 fully saturated rings. The number of nitrogens with zero attached hydrogens (tertiary/aromatic N) is 4. The Bertz CT molecular complexity index is 1970. The minimum Gasteiger partial charge on any atom is -0.390 e. The number of aromatic nitrogens is 2. The molecular weight excluding hydrogens is 1050 g/mol. The van der Waals surface area contributed by atoms with E-state index in [0.717, 1.165) is 96.6 Å². The van der Waals surface area contributed by atoms with Gasteiger partial charge in [-0.05, 0) is 92.5 Å². The Balaban J connectivity index is 0.00000225. The maximum Gasteiger partial charge on any atom is 0.0845 e. The van der Waals surface area contributed by atoms with Gasteiger partial charge in [-0.1, -0.05) is 63.7 Å². The highest BCUT2D eigenvalue weighted by atomic mass is 79.9. The molecule has 1 aliphatic rings. The first-order valence-electron chi connectivity index (χ1n) is 15.0. The van der Waals surface area contributed by atoms with Crippen molar-refractivity contribution < 1.29 is 10.2 Å². The van der Waals surface area contributed by atoms with Gasteiger partial charge in [0.15, 0.2) is 0 Å². The lowest BCUT2D eigenvalue weighted by Crippen LogP contribution is -2.50. The molecule has 14 heteroatoms. The van der Waals surface area contributed by atoms with Crippen molar-refractivity contribution in [1.29, 1.82) is 0 Å². The Labute approximate surface area is 341 Å². The van der Waals surface area contributed by atoms with Gasteiger partial charge in [0.1, 0.15) is 0 Å². The highest BCUT2D eigenvalue weighted by Crippen LogP contribution is 2.39. The van der Waals surface area contributed by atoms with E-state index in [1.807, 2.05) is 0 Å². The number of rotatable bonds is 8. The summed E-state index contributed by atoms with van der Waals surface area (Å²) in [5, 5.41) is 27.2. The predicted molar refractivity (Wildman–Crippen MR) is 224 cm³/mol. The van der Waals surface area contributed by atoms with Crippen molar-refractivity contribution in [3.8, 4) is 0 Å². The topological polar surface area (TPSA) is 56.8 Å². The molecule has 4 aromatic carbocycles. The maximum atomic E-state index is 11.3. The SMILES string of the molecule is Cl.Cl.OC(CN1CCN(CC(O)Cn2c3ccc(Br)cc3c3cc(Br)cc(Br)c32)CC1)Cn1c2ccc(Br)cc2c2cc(Br)cc(Br)c21. The third-order valence-corrected chi connectivity index (χ3v) is 12.0. The minimum absolute atomic E-state index is 0. The van der Waals surface area contributed by atoms with E-state index < -0.39 is 12.2 Å². The Kier molecular flexibility index (Phi) is 13.2. The summed E-state index contributed by atoms with van der Waals surface area (Å²) in [5.41, 5.74) is 4.38. The molecule has 2 N–H and O–H groups in total. The van der Waals surface area contributed by atoms with Crippen LogP contribution in [0.4, 0.5) is 0 Å². The van der Waals surface area contributed by atoms with Crippen LogP contribution in [0.25, 0.3) is 43.6 Å². The molecule has 0 radical (unpaired) electrons. The number of aliphatic hydroxyl groups is 2. The molecular formula is C34H32Br6Cl2N4O2. The van der Waals surface area contributed by atoms with Crippen molar-refractivity contribution in [2.24, 2.45) is 0 Å². The van der Waals surface area contributed by atoms with Crippen molar-refractivity contribution in [1.82, 2.24) is 18.9 Å². The molecule has 6 aromatic rings. The quantitative estimate of drug-likeness (QED) is 0.160. The Hall–Kier alpha value is -0.220. The third kappa shape index (κ3) is 7.90. The number of benzene rings is 4. The van der Waals surface area contributed by atoms with Gasteiger partial charge in [-0.2, -0.15) is 0 Å². The molecule has 48 heavy (non-hydrogen) atoms. The zero-order chi connectivity index (χ0) is 32.3. The van der Waals surface area contributed by atoms with E-state index >= 15 is 0 Å². The molecule has 0 saturated carbocycles. The summed E-state index contributed by atoms with van der Waals surface area (Å²) in [7, 11) is 0. The second kappa shape index (κ2) is 16.2. The van der Waals surface area contributed by atoms with Gasteiger partial charge in [-0.25, -0.2) is 0 Å². The molecule has 1 saturated heterocycles. The molecule has 3 heterocycles. The van der Waals surface area contributed by atoms with E-state index in [2.05, 4.69) is 175 Å². The van der Waals surface area contributed by atoms with Crippen LogP contribution < -0.4 is 0 Å². The molecule has 0 aliphatic carbocycles. The first-order valence-corrected chi connectivity index (χ1v) is 19.8. The van der Waals surface area contributed by atoms with Crippen LogP contribution in [0.15, 0.2) is 87.5 Å². The Morgan fingerprint density at radius 1 is 0.479 bits per heavy atom. The standard InChI is InChI=1S/C34H30Br6N4O2.2ClH/c35-19-1-3-31-25(9-19)27-11-21(37)13-29(39)33(27)43(31)17-23(45)15-41-5-7-42(8-6-41)16-24(46)18-44-32-4-2-20(36)10-26(32)28-12-22(38)14-30(40)34(28)44;;/h1-4,9-14,23-24,45-46H,5-8,15-18H2;2*1H. The van der Waals surface area contributed by atoms with Gasteiger partial charge in [0.25, 0.3) is 0 Å². The Morgan fingerprint density at radius 3 is 1.21 bits per heavy atom. The van der Waals surface area contributed by atoms with E-state index in [1.54, 1.807) is 0 Å². The van der Waals surface area contributed by atoms with E-state index in [9.17, 15) is 10.2 Å². The van der Waals surface area contributed by atoms with Crippen molar-refractivity contribution in [2.45, 2.75) is 25.3 Å². The number of piperazine rings is 1. The molecule has 2 unspecified atom stereocenters. The zero-order valence-corrected chi connectivity index (χ0v) is 36.5. The summed E-state index contributed by atoms with van der Waals surface area (Å²) >= 11 is 22.1. The zero-order valence-electron chi connectivity index (χ0n) is 25.4. The first-order chi connectivity index (χ1) is 22.0. The number of aliphatic hydroxyl groups excluding tert-OH is 2. The van der Waals surface area contributed by atoms with Gasteiger partial charge in [-0.3, -0.25) is 9.80 Å². The second-order valence-corrected chi connectivity index (χ2v) is 17.4. The van der Waals surface area contributed by atoms with Gasteiger partial charge in [-0.15, -0.1) is 24.8 Å². The molecule has 0 spiro atoms. The normalized spacial score (nSPS) is 15.7. The molecule has 0 amide bonds. The minimum atomic E-state index is -0.524. The molecule has 2 aromatic heterocycles. The smallest absolute Gasteiger partial charge is 0.0845 e. The highest BCUT2D eigenvalue weighted by Gasteiger charge is 2.24. The van der Waals surface area contributed by atoms with E-state index in [0.29, 0.717) is 26.2 Å². The number of fused-ring (bicyclic) bond motifs is 6. The first kappa shape index (κ1) is 39.0. The molecule has 7 rings (SSSR count). The van der Waals surface area contributed by atoms with E-state index in [1.165, 1.54) is 0 Å². The van der Waals surface area contributed by atoms with Gasteiger partial charge < -0.3 is 19.3 Å². The van der Waals surface area contributed by atoms with Crippen LogP contribution in [0.3, 0.4) is 0 Å². The van der Waals surface area contributed by atoms with Crippen LogP contribution in [0.5, 0.6) is 0 Å². The average Bonchev–Trinajstić information content (AvgIpc) is 3.45. The molecule has 1 aliphatic heterocycles.